The normalized spacial score (nSPS) is 14.4. The lowest BCUT2D eigenvalue weighted by Crippen LogP contribution is -2.34. The molecule has 0 atom stereocenters. The molecule has 0 amide bonds. The van der Waals surface area contributed by atoms with Crippen molar-refractivity contribution in [3.8, 4) is 0 Å². The van der Waals surface area contributed by atoms with Gasteiger partial charge >= 0.3 is 12.1 Å². The van der Waals surface area contributed by atoms with Crippen molar-refractivity contribution in [3.05, 3.63) is 12.2 Å². The predicted molar refractivity (Wildman–Crippen MR) is 27.2 cm³/mol. The van der Waals surface area contributed by atoms with Gasteiger partial charge in [0.25, 0.3) is 0 Å². The minimum absolute atomic E-state index is 0.341. The molecule has 0 unspecified atom stereocenters. The van der Waals surface area contributed by atoms with Crippen LogP contribution in [0.3, 0.4) is 0 Å². The van der Waals surface area contributed by atoms with E-state index in [0.29, 0.717) is 6.08 Å². The van der Waals surface area contributed by atoms with Crippen LogP contribution in [0, 0.1) is 0 Å². The zero-order valence-corrected chi connectivity index (χ0v) is 5.20. The van der Waals surface area contributed by atoms with E-state index in [2.05, 4.69) is 0 Å². The molecule has 0 aromatic rings. The lowest BCUT2D eigenvalue weighted by molar-refractivity contribution is -0.259. The zero-order chi connectivity index (χ0) is 9.12. The molecule has 1 N–H and O–H groups in total. The third-order valence-corrected chi connectivity index (χ3v) is 0.811. The minimum Gasteiger partial charge on any atom is -0.392 e. The summed E-state index contributed by atoms with van der Waals surface area (Å²) in [5.74, 6) is -4.85. The molecule has 0 spiro atoms. The van der Waals surface area contributed by atoms with E-state index in [1.165, 1.54) is 0 Å². The summed E-state index contributed by atoms with van der Waals surface area (Å²) in [7, 11) is 0. The van der Waals surface area contributed by atoms with E-state index in [0.717, 1.165) is 0 Å². The first-order chi connectivity index (χ1) is 4.81. The van der Waals surface area contributed by atoms with Crippen LogP contribution >= 0.6 is 0 Å². The maximum Gasteiger partial charge on any atom is 0.457 e. The molecule has 0 aromatic carbocycles. The van der Waals surface area contributed by atoms with Gasteiger partial charge in [-0.15, -0.1) is 0 Å². The number of alkyl halides is 5. The van der Waals surface area contributed by atoms with Crippen LogP contribution in [0.5, 0.6) is 0 Å². The van der Waals surface area contributed by atoms with Crippen molar-refractivity contribution in [2.24, 2.45) is 0 Å². The van der Waals surface area contributed by atoms with Gasteiger partial charge in [-0.05, 0) is 6.08 Å². The maximum atomic E-state index is 11.8. The third-order valence-electron chi connectivity index (χ3n) is 0.811. The summed E-state index contributed by atoms with van der Waals surface area (Å²) < 4.78 is 57.4. The summed E-state index contributed by atoms with van der Waals surface area (Å²) >= 11 is 0. The molecular formula is C5H5F5O. The van der Waals surface area contributed by atoms with Crippen molar-refractivity contribution >= 4 is 0 Å². The molecule has 0 fully saturated rings. The smallest absolute Gasteiger partial charge is 0.392 e. The highest BCUT2D eigenvalue weighted by molar-refractivity contribution is 4.98. The molecule has 0 saturated carbocycles. The van der Waals surface area contributed by atoms with Crippen LogP contribution < -0.4 is 0 Å². The first-order valence-electron chi connectivity index (χ1n) is 2.54. The van der Waals surface area contributed by atoms with E-state index >= 15 is 0 Å². The van der Waals surface area contributed by atoms with Crippen LogP contribution in [0.15, 0.2) is 12.2 Å². The Morgan fingerprint density at radius 1 is 1.09 bits per heavy atom. The number of hydrogen-bond donors (Lipinski definition) is 1. The third kappa shape index (κ3) is 2.83. The average Bonchev–Trinajstić information content (AvgIpc) is 1.81. The minimum atomic E-state index is -5.58. The molecule has 0 saturated heterocycles. The van der Waals surface area contributed by atoms with Crippen molar-refractivity contribution < 1.29 is 27.1 Å². The lowest BCUT2D eigenvalue weighted by atomic mass is 10.3. The second-order valence-corrected chi connectivity index (χ2v) is 1.71. The van der Waals surface area contributed by atoms with Crippen LogP contribution in [-0.2, 0) is 0 Å². The number of hydrogen-bond acceptors (Lipinski definition) is 1. The summed E-state index contributed by atoms with van der Waals surface area (Å²) in [5.41, 5.74) is 0. The van der Waals surface area contributed by atoms with Crippen molar-refractivity contribution in [3.63, 3.8) is 0 Å². The molecule has 0 aliphatic rings. The van der Waals surface area contributed by atoms with Crippen LogP contribution in [0.1, 0.15) is 0 Å². The molecule has 0 heterocycles. The largest absolute Gasteiger partial charge is 0.457 e. The van der Waals surface area contributed by atoms with Gasteiger partial charge in [0.05, 0.1) is 6.61 Å². The summed E-state index contributed by atoms with van der Waals surface area (Å²) in [6.07, 6.45) is -5.63. The SMILES string of the molecule is OC/C=C\C(F)(F)C(F)(F)F. The van der Waals surface area contributed by atoms with Crippen molar-refractivity contribution in [1.82, 2.24) is 0 Å². The first-order valence-corrected chi connectivity index (χ1v) is 2.54. The van der Waals surface area contributed by atoms with Gasteiger partial charge < -0.3 is 5.11 Å². The number of aliphatic hydroxyl groups excluding tert-OH is 1. The fourth-order valence-electron chi connectivity index (χ4n) is 0.295. The summed E-state index contributed by atoms with van der Waals surface area (Å²) in [5, 5.41) is 7.91. The highest BCUT2D eigenvalue weighted by atomic mass is 19.4. The van der Waals surface area contributed by atoms with Gasteiger partial charge in [0.2, 0.25) is 0 Å². The Balaban J connectivity index is 4.34. The summed E-state index contributed by atoms with van der Waals surface area (Å²) in [6, 6.07) is 0. The molecule has 6 heteroatoms. The molecule has 0 rings (SSSR count). The second kappa shape index (κ2) is 3.17. The summed E-state index contributed by atoms with van der Waals surface area (Å²) in [4.78, 5) is 0. The number of halogens is 5. The molecule has 0 aromatic heterocycles. The molecule has 1 nitrogen and oxygen atoms in total. The molecule has 0 aliphatic carbocycles. The van der Waals surface area contributed by atoms with E-state index in [1.54, 1.807) is 0 Å². The Labute approximate surface area is 59.1 Å². The van der Waals surface area contributed by atoms with E-state index in [4.69, 9.17) is 5.11 Å². The van der Waals surface area contributed by atoms with Crippen molar-refractivity contribution in [2.45, 2.75) is 12.1 Å². The lowest BCUT2D eigenvalue weighted by Gasteiger charge is -2.14. The Hall–Kier alpha value is -0.650. The highest BCUT2D eigenvalue weighted by Gasteiger charge is 2.55. The topological polar surface area (TPSA) is 20.2 Å². The molecule has 0 aliphatic heterocycles. The fourth-order valence-corrected chi connectivity index (χ4v) is 0.295. The van der Waals surface area contributed by atoms with Crippen LogP contribution in [0.2, 0.25) is 0 Å². The second-order valence-electron chi connectivity index (χ2n) is 1.71. The zero-order valence-electron chi connectivity index (χ0n) is 5.20. The maximum absolute atomic E-state index is 11.8. The Morgan fingerprint density at radius 3 is 1.82 bits per heavy atom. The monoisotopic (exact) mass is 176 g/mol. The first kappa shape index (κ1) is 10.3. The Morgan fingerprint density at radius 2 is 1.55 bits per heavy atom. The fraction of sp³-hybridized carbons (Fsp3) is 0.600. The standard InChI is InChI=1S/C5H5F5O/c6-4(7,2-1-3-11)5(8,9)10/h1-2,11H,3H2/b2-1-. The Kier molecular flexibility index (Phi) is 2.98. The van der Waals surface area contributed by atoms with Gasteiger partial charge in [-0.2, -0.15) is 22.0 Å². The summed E-state index contributed by atoms with van der Waals surface area (Å²) in [6.45, 7) is -0.842. The molecule has 11 heavy (non-hydrogen) atoms. The number of allylic oxidation sites excluding steroid dienone is 1. The van der Waals surface area contributed by atoms with Crippen LogP contribution in [0.4, 0.5) is 22.0 Å². The van der Waals surface area contributed by atoms with Gasteiger partial charge in [-0.1, -0.05) is 6.08 Å². The molecular weight excluding hydrogens is 171 g/mol. The molecule has 0 radical (unpaired) electrons. The van der Waals surface area contributed by atoms with Gasteiger partial charge in [0.1, 0.15) is 0 Å². The van der Waals surface area contributed by atoms with E-state index in [9.17, 15) is 22.0 Å². The molecule has 0 bridgehead atoms. The van der Waals surface area contributed by atoms with E-state index in [1.807, 2.05) is 0 Å². The number of rotatable bonds is 2. The van der Waals surface area contributed by atoms with Gasteiger partial charge in [-0.3, -0.25) is 0 Å². The van der Waals surface area contributed by atoms with Gasteiger partial charge in [0, 0.05) is 0 Å². The van der Waals surface area contributed by atoms with E-state index in [-0.39, 0.29) is 6.08 Å². The predicted octanol–water partition coefficient (Wildman–Crippen LogP) is 1.73. The number of aliphatic hydroxyl groups is 1. The van der Waals surface area contributed by atoms with E-state index < -0.39 is 18.7 Å². The molecule has 66 valence electrons. The Bertz CT molecular complexity index is 147. The highest BCUT2D eigenvalue weighted by Crippen LogP contribution is 2.36. The van der Waals surface area contributed by atoms with Gasteiger partial charge in [0.15, 0.2) is 0 Å². The van der Waals surface area contributed by atoms with Crippen molar-refractivity contribution in [2.75, 3.05) is 6.61 Å². The van der Waals surface area contributed by atoms with Gasteiger partial charge in [-0.25, -0.2) is 0 Å². The quantitative estimate of drug-likeness (QED) is 0.501. The van der Waals surface area contributed by atoms with Crippen molar-refractivity contribution in [1.29, 1.82) is 0 Å². The average molecular weight is 176 g/mol. The van der Waals surface area contributed by atoms with Crippen LogP contribution in [-0.4, -0.2) is 23.8 Å². The van der Waals surface area contributed by atoms with Crippen LogP contribution in [0.25, 0.3) is 0 Å².